The van der Waals surface area contributed by atoms with E-state index >= 15 is 0 Å². The predicted molar refractivity (Wildman–Crippen MR) is 117 cm³/mol. The largest absolute Gasteiger partial charge is 0.480 e. The van der Waals surface area contributed by atoms with Crippen LogP contribution in [0.3, 0.4) is 0 Å². The van der Waals surface area contributed by atoms with Gasteiger partial charge < -0.3 is 10.1 Å². The molecule has 0 aromatic heterocycles. The van der Waals surface area contributed by atoms with Gasteiger partial charge in [-0.05, 0) is 41.1 Å². The van der Waals surface area contributed by atoms with E-state index in [9.17, 15) is 10.1 Å². The second-order valence-corrected chi connectivity index (χ2v) is 6.76. The fourth-order valence-corrected chi connectivity index (χ4v) is 3.03. The molecule has 0 aliphatic heterocycles. The van der Waals surface area contributed by atoms with Crippen LogP contribution in [0.4, 0.5) is 5.69 Å². The number of ether oxygens (including phenoxy) is 1. The summed E-state index contributed by atoms with van der Waals surface area (Å²) >= 11 is 11.9. The Hall–Kier alpha value is -3.44. The molecule has 29 heavy (non-hydrogen) atoms. The third-order valence-corrected chi connectivity index (χ3v) is 4.81. The van der Waals surface area contributed by atoms with Crippen LogP contribution >= 0.6 is 23.2 Å². The molecule has 3 rings (SSSR count). The zero-order chi connectivity index (χ0) is 20.8. The van der Waals surface area contributed by atoms with Gasteiger partial charge in [-0.3, -0.25) is 4.79 Å². The number of carbonyl (C=O) groups is 1. The maximum absolute atomic E-state index is 12.7. The Morgan fingerprint density at radius 3 is 2.66 bits per heavy atom. The molecule has 1 amide bonds. The number of rotatable bonds is 5. The number of benzene rings is 3. The topological polar surface area (TPSA) is 62.1 Å². The lowest BCUT2D eigenvalue weighted by Crippen LogP contribution is -2.13. The molecule has 0 saturated heterocycles. The van der Waals surface area contributed by atoms with Crippen LogP contribution < -0.4 is 10.1 Å². The highest BCUT2D eigenvalue weighted by molar-refractivity contribution is 6.42. The molecule has 3 aromatic rings. The average Bonchev–Trinajstić information content (AvgIpc) is 2.73. The van der Waals surface area contributed by atoms with Crippen LogP contribution in [0.25, 0.3) is 16.8 Å². The van der Waals surface area contributed by atoms with Crippen LogP contribution in [0.2, 0.25) is 10.0 Å². The van der Waals surface area contributed by atoms with Crippen molar-refractivity contribution >= 4 is 51.6 Å². The molecule has 0 bridgehead atoms. The summed E-state index contributed by atoms with van der Waals surface area (Å²) in [6.07, 6.45) is 6.78. The van der Waals surface area contributed by atoms with E-state index in [1.807, 2.05) is 36.4 Å². The van der Waals surface area contributed by atoms with Gasteiger partial charge in [0.05, 0.1) is 10.0 Å². The Kier molecular flexibility index (Phi) is 6.42. The first-order chi connectivity index (χ1) is 14.0. The van der Waals surface area contributed by atoms with E-state index in [0.29, 0.717) is 27.0 Å². The lowest BCUT2D eigenvalue weighted by atomic mass is 10.0. The molecule has 1 N–H and O–H groups in total. The number of hydrogen-bond donors (Lipinski definition) is 1. The third-order valence-electron chi connectivity index (χ3n) is 4.07. The number of halogens is 2. The van der Waals surface area contributed by atoms with Gasteiger partial charge in [-0.1, -0.05) is 59.5 Å². The van der Waals surface area contributed by atoms with Crippen molar-refractivity contribution in [2.45, 2.75) is 0 Å². The highest BCUT2D eigenvalue weighted by Gasteiger charge is 2.14. The van der Waals surface area contributed by atoms with Crippen molar-refractivity contribution in [3.63, 3.8) is 0 Å². The number of fused-ring (bicyclic) bond motifs is 1. The SMILES string of the molecule is C#CCOc1ccc2ccccc2c1/C=C(\C#N)C(=O)Nc1ccc(Cl)c(Cl)c1. The lowest BCUT2D eigenvalue weighted by molar-refractivity contribution is -0.112. The summed E-state index contributed by atoms with van der Waals surface area (Å²) in [7, 11) is 0. The molecule has 3 aromatic carbocycles. The average molecular weight is 421 g/mol. The quantitative estimate of drug-likeness (QED) is 0.326. The number of hydrogen-bond acceptors (Lipinski definition) is 3. The fourth-order valence-electron chi connectivity index (χ4n) is 2.74. The Morgan fingerprint density at radius 2 is 1.93 bits per heavy atom. The Bertz CT molecular complexity index is 1200. The molecular weight excluding hydrogens is 407 g/mol. The van der Waals surface area contributed by atoms with E-state index in [4.69, 9.17) is 34.4 Å². The summed E-state index contributed by atoms with van der Waals surface area (Å²) in [6, 6.07) is 17.8. The molecule has 0 radical (unpaired) electrons. The molecule has 0 unspecified atom stereocenters. The Morgan fingerprint density at radius 1 is 1.14 bits per heavy atom. The first kappa shape index (κ1) is 20.3. The van der Waals surface area contributed by atoms with Gasteiger partial charge >= 0.3 is 0 Å². The van der Waals surface area contributed by atoms with Crippen molar-refractivity contribution in [3.8, 4) is 24.2 Å². The van der Waals surface area contributed by atoms with E-state index in [1.54, 1.807) is 18.2 Å². The summed E-state index contributed by atoms with van der Waals surface area (Å²) < 4.78 is 5.61. The molecular formula is C23H14Cl2N2O2. The zero-order valence-electron chi connectivity index (χ0n) is 15.1. The summed E-state index contributed by atoms with van der Waals surface area (Å²) in [4.78, 5) is 12.7. The standard InChI is InChI=1S/C23H14Cl2N2O2/c1-2-11-29-22-10-7-15-5-3-4-6-18(15)19(22)12-16(14-26)23(28)27-17-8-9-20(24)21(25)13-17/h1,3-10,12-13H,11H2,(H,27,28)/b16-12+. The molecule has 0 aliphatic carbocycles. The second-order valence-electron chi connectivity index (χ2n) is 5.94. The highest BCUT2D eigenvalue weighted by Crippen LogP contribution is 2.31. The van der Waals surface area contributed by atoms with Gasteiger partial charge in [0.15, 0.2) is 0 Å². The van der Waals surface area contributed by atoms with Crippen LogP contribution in [-0.2, 0) is 4.79 Å². The summed E-state index contributed by atoms with van der Waals surface area (Å²) in [5.74, 6) is 2.31. The number of amides is 1. The summed E-state index contributed by atoms with van der Waals surface area (Å²) in [6.45, 7) is 0.0660. The number of nitrogens with one attached hydrogen (secondary N) is 1. The molecule has 0 heterocycles. The number of anilines is 1. The minimum Gasteiger partial charge on any atom is -0.480 e. The molecule has 0 fully saturated rings. The first-order valence-electron chi connectivity index (χ1n) is 8.49. The van der Waals surface area contributed by atoms with Gasteiger partial charge in [0.1, 0.15) is 24.0 Å². The normalized spacial score (nSPS) is 10.8. The van der Waals surface area contributed by atoms with Gasteiger partial charge in [-0.25, -0.2) is 0 Å². The van der Waals surface area contributed by atoms with Crippen molar-refractivity contribution in [2.24, 2.45) is 0 Å². The first-order valence-corrected chi connectivity index (χ1v) is 9.25. The molecule has 4 nitrogen and oxygen atoms in total. The monoisotopic (exact) mass is 420 g/mol. The van der Waals surface area contributed by atoms with Gasteiger partial charge in [-0.15, -0.1) is 6.42 Å². The third kappa shape index (κ3) is 4.70. The maximum Gasteiger partial charge on any atom is 0.266 e. The van der Waals surface area contributed by atoms with Crippen LogP contribution in [-0.4, -0.2) is 12.5 Å². The van der Waals surface area contributed by atoms with Gasteiger partial charge in [-0.2, -0.15) is 5.26 Å². The minimum absolute atomic E-state index is 0.0660. The molecule has 0 saturated carbocycles. The highest BCUT2D eigenvalue weighted by atomic mass is 35.5. The van der Waals surface area contributed by atoms with Crippen molar-refractivity contribution in [1.82, 2.24) is 0 Å². The second kappa shape index (κ2) is 9.17. The van der Waals surface area contributed by atoms with Crippen LogP contribution in [0.15, 0.2) is 60.2 Å². The number of nitriles is 1. The molecule has 142 valence electrons. The number of carbonyl (C=O) groups excluding carboxylic acids is 1. The Labute approximate surface area is 178 Å². The molecule has 0 spiro atoms. The molecule has 0 aliphatic rings. The van der Waals surface area contributed by atoms with Crippen molar-refractivity contribution in [1.29, 1.82) is 5.26 Å². The van der Waals surface area contributed by atoms with Crippen LogP contribution in [0.1, 0.15) is 5.56 Å². The van der Waals surface area contributed by atoms with Gasteiger partial charge in [0, 0.05) is 11.3 Å². The van der Waals surface area contributed by atoms with Crippen molar-refractivity contribution in [3.05, 3.63) is 75.8 Å². The number of terminal acetylenes is 1. The van der Waals surface area contributed by atoms with Crippen LogP contribution in [0, 0.1) is 23.7 Å². The van der Waals surface area contributed by atoms with E-state index in [1.165, 1.54) is 12.1 Å². The number of nitrogens with zero attached hydrogens (tertiary/aromatic N) is 1. The Balaban J connectivity index is 2.02. The maximum atomic E-state index is 12.7. The van der Waals surface area contributed by atoms with Crippen LogP contribution in [0.5, 0.6) is 5.75 Å². The zero-order valence-corrected chi connectivity index (χ0v) is 16.6. The summed E-state index contributed by atoms with van der Waals surface area (Å²) in [5, 5.41) is 14.7. The van der Waals surface area contributed by atoms with E-state index in [2.05, 4.69) is 11.2 Å². The fraction of sp³-hybridized carbons (Fsp3) is 0.0435. The molecule has 0 atom stereocenters. The van der Waals surface area contributed by atoms with Gasteiger partial charge in [0.2, 0.25) is 0 Å². The minimum atomic E-state index is -0.582. The van der Waals surface area contributed by atoms with E-state index < -0.39 is 5.91 Å². The van der Waals surface area contributed by atoms with Crippen molar-refractivity contribution < 1.29 is 9.53 Å². The van der Waals surface area contributed by atoms with E-state index in [0.717, 1.165) is 10.8 Å². The van der Waals surface area contributed by atoms with Gasteiger partial charge in [0.25, 0.3) is 5.91 Å². The summed E-state index contributed by atoms with van der Waals surface area (Å²) in [5.41, 5.74) is 0.921. The lowest BCUT2D eigenvalue weighted by Gasteiger charge is -2.11. The predicted octanol–water partition coefficient (Wildman–Crippen LogP) is 5.70. The van der Waals surface area contributed by atoms with E-state index in [-0.39, 0.29) is 12.2 Å². The van der Waals surface area contributed by atoms with Crippen molar-refractivity contribution in [2.75, 3.05) is 11.9 Å². The smallest absolute Gasteiger partial charge is 0.266 e. The molecule has 6 heteroatoms.